The first-order valence-electron chi connectivity index (χ1n) is 9.55. The van der Waals surface area contributed by atoms with Gasteiger partial charge in [0.05, 0.1) is 0 Å². The van der Waals surface area contributed by atoms with Gasteiger partial charge in [0.1, 0.15) is 0 Å². The van der Waals surface area contributed by atoms with Crippen molar-refractivity contribution in [2.75, 3.05) is 0 Å². The van der Waals surface area contributed by atoms with E-state index in [2.05, 4.69) is 96.0 Å². The number of rotatable bonds is 1. The number of benzene rings is 5. The van der Waals surface area contributed by atoms with Gasteiger partial charge in [0.2, 0.25) is 0 Å². The highest BCUT2D eigenvalue weighted by atomic mass is 14.6. The van der Waals surface area contributed by atoms with Gasteiger partial charge in [-0.25, -0.2) is 0 Å². The van der Waals surface area contributed by atoms with Gasteiger partial charge in [-0.1, -0.05) is 54.6 Å². The van der Waals surface area contributed by atoms with Crippen molar-refractivity contribution in [3.05, 3.63) is 103 Å². The van der Waals surface area contributed by atoms with Gasteiger partial charge in [-0.3, -0.25) is 4.98 Å². The van der Waals surface area contributed by atoms with Crippen LogP contribution < -0.4 is 0 Å². The van der Waals surface area contributed by atoms with Gasteiger partial charge in [0.15, 0.2) is 0 Å². The molecule has 0 unspecified atom stereocenters. The monoisotopic (exact) mass is 355 g/mol. The minimum Gasteiger partial charge on any atom is -0.264 e. The summed E-state index contributed by atoms with van der Waals surface area (Å²) >= 11 is 0. The van der Waals surface area contributed by atoms with Crippen LogP contribution in [0, 0.1) is 0 Å². The van der Waals surface area contributed by atoms with E-state index in [-0.39, 0.29) is 0 Å². The van der Waals surface area contributed by atoms with Crippen LogP contribution in [0.4, 0.5) is 0 Å². The fourth-order valence-corrected chi connectivity index (χ4v) is 4.22. The highest BCUT2D eigenvalue weighted by molar-refractivity contribution is 6.09. The number of hydrogen-bond donors (Lipinski definition) is 0. The van der Waals surface area contributed by atoms with Crippen molar-refractivity contribution in [2.24, 2.45) is 0 Å². The maximum absolute atomic E-state index is 4.22. The Balaban J connectivity index is 1.65. The topological polar surface area (TPSA) is 12.9 Å². The average molecular weight is 355 g/mol. The molecule has 0 atom stereocenters. The zero-order valence-corrected chi connectivity index (χ0v) is 15.3. The van der Waals surface area contributed by atoms with Crippen molar-refractivity contribution < 1.29 is 0 Å². The summed E-state index contributed by atoms with van der Waals surface area (Å²) in [4.78, 5) is 4.22. The van der Waals surface area contributed by atoms with E-state index >= 15 is 0 Å². The molecule has 0 fully saturated rings. The lowest BCUT2D eigenvalue weighted by Gasteiger charge is -2.11. The summed E-state index contributed by atoms with van der Waals surface area (Å²) in [5.74, 6) is 0. The zero-order chi connectivity index (χ0) is 18.5. The van der Waals surface area contributed by atoms with Crippen LogP contribution >= 0.6 is 0 Å². The molecule has 0 radical (unpaired) electrons. The van der Waals surface area contributed by atoms with Crippen molar-refractivity contribution in [1.29, 1.82) is 0 Å². The van der Waals surface area contributed by atoms with E-state index in [0.717, 1.165) is 0 Å². The maximum Gasteiger partial charge on any atom is 0.0346 e. The van der Waals surface area contributed by atoms with Gasteiger partial charge in [-0.05, 0) is 85.2 Å². The molecule has 6 rings (SSSR count). The lowest BCUT2D eigenvalue weighted by molar-refractivity contribution is 1.36. The van der Waals surface area contributed by atoms with E-state index in [9.17, 15) is 0 Å². The molecule has 0 N–H and O–H groups in total. The molecule has 0 saturated heterocycles. The predicted molar refractivity (Wildman–Crippen MR) is 120 cm³/mol. The summed E-state index contributed by atoms with van der Waals surface area (Å²) in [6, 6.07) is 33.1. The second kappa shape index (κ2) is 5.90. The molecule has 0 saturated carbocycles. The Bertz CT molecular complexity index is 1510. The van der Waals surface area contributed by atoms with E-state index in [1.54, 1.807) is 0 Å². The Morgan fingerprint density at radius 1 is 0.464 bits per heavy atom. The first-order chi connectivity index (χ1) is 13.8. The number of hydrogen-bond acceptors (Lipinski definition) is 1. The van der Waals surface area contributed by atoms with Crippen molar-refractivity contribution in [3.8, 4) is 11.1 Å². The maximum atomic E-state index is 4.22. The van der Waals surface area contributed by atoms with Crippen LogP contribution in [0.15, 0.2) is 103 Å². The first kappa shape index (κ1) is 15.4. The van der Waals surface area contributed by atoms with Crippen LogP contribution in [0.5, 0.6) is 0 Å². The van der Waals surface area contributed by atoms with Gasteiger partial charge in [0.25, 0.3) is 0 Å². The van der Waals surface area contributed by atoms with E-state index in [0.29, 0.717) is 0 Å². The van der Waals surface area contributed by atoms with E-state index in [1.165, 1.54) is 54.2 Å². The molecule has 1 heteroatoms. The Kier molecular flexibility index (Phi) is 3.24. The van der Waals surface area contributed by atoms with Gasteiger partial charge in [0, 0.05) is 17.8 Å². The minimum atomic E-state index is 1.17. The van der Waals surface area contributed by atoms with Crippen LogP contribution in [0.1, 0.15) is 0 Å². The fraction of sp³-hybridized carbons (Fsp3) is 0. The number of pyridine rings is 1. The molecule has 0 aliphatic carbocycles. The molecular weight excluding hydrogens is 338 g/mol. The van der Waals surface area contributed by atoms with Crippen molar-refractivity contribution >= 4 is 43.1 Å². The predicted octanol–water partition coefficient (Wildman–Crippen LogP) is 7.36. The Morgan fingerprint density at radius 2 is 1.18 bits per heavy atom. The molecule has 0 aliphatic heterocycles. The second-order valence-corrected chi connectivity index (χ2v) is 7.36. The Labute approximate surface area is 162 Å². The van der Waals surface area contributed by atoms with Crippen LogP contribution in [-0.4, -0.2) is 4.98 Å². The summed E-state index contributed by atoms with van der Waals surface area (Å²) in [6.07, 6.45) is 3.77. The lowest BCUT2D eigenvalue weighted by Crippen LogP contribution is -1.84. The average Bonchev–Trinajstić information content (AvgIpc) is 2.75. The van der Waals surface area contributed by atoms with Crippen LogP contribution in [0.3, 0.4) is 0 Å². The number of fused-ring (bicyclic) bond motifs is 4. The van der Waals surface area contributed by atoms with Crippen LogP contribution in [0.2, 0.25) is 0 Å². The normalized spacial score (nSPS) is 11.6. The van der Waals surface area contributed by atoms with Gasteiger partial charge < -0.3 is 0 Å². The third-order valence-electron chi connectivity index (χ3n) is 5.65. The van der Waals surface area contributed by atoms with E-state index in [1.807, 2.05) is 12.4 Å². The number of nitrogens with zero attached hydrogens (tertiary/aromatic N) is 1. The molecule has 1 nitrogen and oxygen atoms in total. The first-order valence-corrected chi connectivity index (χ1v) is 9.55. The largest absolute Gasteiger partial charge is 0.264 e. The van der Waals surface area contributed by atoms with Crippen LogP contribution in [0.25, 0.3) is 54.2 Å². The fourth-order valence-electron chi connectivity index (χ4n) is 4.22. The van der Waals surface area contributed by atoms with Crippen molar-refractivity contribution in [1.82, 2.24) is 4.98 Å². The SMILES string of the molecule is c1ccc2cc3cc4c(-c5ccc6cnccc6c5)cccc4cc3cc2c1. The van der Waals surface area contributed by atoms with E-state index < -0.39 is 0 Å². The zero-order valence-electron chi connectivity index (χ0n) is 15.3. The Morgan fingerprint density at radius 3 is 2.04 bits per heavy atom. The molecule has 1 heterocycles. The quantitative estimate of drug-likeness (QED) is 0.281. The molecule has 5 aromatic carbocycles. The summed E-state index contributed by atoms with van der Waals surface area (Å²) in [5.41, 5.74) is 2.51. The smallest absolute Gasteiger partial charge is 0.0346 e. The second-order valence-electron chi connectivity index (χ2n) is 7.36. The summed E-state index contributed by atoms with van der Waals surface area (Å²) in [6.45, 7) is 0. The van der Waals surface area contributed by atoms with Crippen molar-refractivity contribution in [3.63, 3.8) is 0 Å². The molecule has 0 amide bonds. The molecule has 0 spiro atoms. The highest BCUT2D eigenvalue weighted by Gasteiger charge is 2.07. The lowest BCUT2D eigenvalue weighted by atomic mass is 9.93. The summed E-state index contributed by atoms with van der Waals surface area (Å²) in [5, 5.41) is 10.1. The van der Waals surface area contributed by atoms with Gasteiger partial charge >= 0.3 is 0 Å². The molecule has 0 bridgehead atoms. The van der Waals surface area contributed by atoms with Crippen molar-refractivity contribution in [2.45, 2.75) is 0 Å². The highest BCUT2D eigenvalue weighted by Crippen LogP contribution is 2.34. The molecular formula is C27H17N. The third kappa shape index (κ3) is 2.37. The minimum absolute atomic E-state index is 1.17. The van der Waals surface area contributed by atoms with E-state index in [4.69, 9.17) is 0 Å². The standard InChI is InChI=1S/C27H17N/c1-2-5-19-14-25-16-27-21(15-24(25)13-18(19)4-1)6-3-7-26(27)22-8-9-23-17-28-11-10-20(23)12-22/h1-17H. The molecule has 1 aromatic heterocycles. The molecule has 0 aliphatic rings. The molecule has 28 heavy (non-hydrogen) atoms. The Hall–Kier alpha value is -3.71. The molecule has 130 valence electrons. The summed E-state index contributed by atoms with van der Waals surface area (Å²) < 4.78 is 0. The van der Waals surface area contributed by atoms with Crippen LogP contribution in [-0.2, 0) is 0 Å². The van der Waals surface area contributed by atoms with Gasteiger partial charge in [-0.15, -0.1) is 0 Å². The summed E-state index contributed by atoms with van der Waals surface area (Å²) in [7, 11) is 0. The molecule has 6 aromatic rings. The third-order valence-corrected chi connectivity index (χ3v) is 5.65. The number of aromatic nitrogens is 1. The van der Waals surface area contributed by atoms with Gasteiger partial charge in [-0.2, -0.15) is 0 Å².